The van der Waals surface area contributed by atoms with Crippen LogP contribution in [0.2, 0.25) is 0 Å². The van der Waals surface area contributed by atoms with Crippen molar-refractivity contribution in [3.8, 4) is 6.07 Å². The lowest BCUT2D eigenvalue weighted by molar-refractivity contribution is -0.142. The molecule has 1 aliphatic rings. The predicted molar refractivity (Wildman–Crippen MR) is 144 cm³/mol. The number of ether oxygens (including phenoxy) is 1. The Hall–Kier alpha value is -3.08. The van der Waals surface area contributed by atoms with Crippen molar-refractivity contribution in [3.05, 3.63) is 34.9 Å². The van der Waals surface area contributed by atoms with Gasteiger partial charge in [0.15, 0.2) is 0 Å². The van der Waals surface area contributed by atoms with Crippen LogP contribution in [0.1, 0.15) is 95.9 Å². The molecule has 2 N–H and O–H groups in total. The maximum absolute atomic E-state index is 14.0. The van der Waals surface area contributed by atoms with Crippen molar-refractivity contribution in [2.75, 3.05) is 6.54 Å². The van der Waals surface area contributed by atoms with Crippen LogP contribution in [0, 0.1) is 31.1 Å². The molecule has 0 spiro atoms. The fourth-order valence-electron chi connectivity index (χ4n) is 4.76. The number of aryl methyl sites for hydroxylation is 1. The largest absolute Gasteiger partial charge is 0.444 e. The van der Waals surface area contributed by atoms with Crippen LogP contribution in [-0.2, 0) is 14.3 Å². The average molecular weight is 513 g/mol. The lowest BCUT2D eigenvalue weighted by Gasteiger charge is -2.35. The molecule has 0 heterocycles. The molecule has 0 aromatic heterocycles. The summed E-state index contributed by atoms with van der Waals surface area (Å²) < 4.78 is 5.40. The summed E-state index contributed by atoms with van der Waals surface area (Å²) in [5.41, 5.74) is 1.83. The maximum Gasteiger partial charge on any atom is 0.408 e. The van der Waals surface area contributed by atoms with Crippen LogP contribution in [0.4, 0.5) is 4.79 Å². The Bertz CT molecular complexity index is 987. The summed E-state index contributed by atoms with van der Waals surface area (Å²) in [4.78, 5) is 41.8. The van der Waals surface area contributed by atoms with Gasteiger partial charge in [0.2, 0.25) is 11.8 Å². The van der Waals surface area contributed by atoms with Crippen molar-refractivity contribution < 1.29 is 19.1 Å². The standard InChI is InChI=1S/C29H44N4O4/c1-19(2)18-24(32-28(36)37-29(5,6)7)27(35)33(17-16-30)25(23-15-11-12-20(3)21(23)4)26(34)31-22-13-9-8-10-14-22/h11-12,15,19,22,24-25H,8-10,13-14,17-18H2,1-7H3,(H,31,34)(H,32,36). The van der Waals surface area contributed by atoms with Gasteiger partial charge in [-0.25, -0.2) is 4.79 Å². The van der Waals surface area contributed by atoms with Gasteiger partial charge in [-0.3, -0.25) is 9.59 Å². The van der Waals surface area contributed by atoms with Gasteiger partial charge >= 0.3 is 6.09 Å². The van der Waals surface area contributed by atoms with Crippen LogP contribution in [0.15, 0.2) is 18.2 Å². The van der Waals surface area contributed by atoms with Gasteiger partial charge in [-0.05, 0) is 76.5 Å². The Kier molecular flexibility index (Phi) is 11.0. The summed E-state index contributed by atoms with van der Waals surface area (Å²) in [7, 11) is 0. The summed E-state index contributed by atoms with van der Waals surface area (Å²) in [5.74, 6) is -0.710. The minimum absolute atomic E-state index is 0.0410. The van der Waals surface area contributed by atoms with Crippen molar-refractivity contribution in [2.24, 2.45) is 5.92 Å². The molecule has 8 heteroatoms. The SMILES string of the molecule is Cc1cccc(C(C(=O)NC2CCCCC2)N(CC#N)C(=O)C(CC(C)C)NC(=O)OC(C)(C)C)c1C. The molecule has 2 atom stereocenters. The molecule has 1 saturated carbocycles. The van der Waals surface area contributed by atoms with Crippen LogP contribution < -0.4 is 10.6 Å². The summed E-state index contributed by atoms with van der Waals surface area (Å²) in [5, 5.41) is 15.6. The molecule has 2 unspecified atom stereocenters. The van der Waals surface area contributed by atoms with Crippen molar-refractivity contribution in [1.29, 1.82) is 5.26 Å². The van der Waals surface area contributed by atoms with E-state index in [-0.39, 0.29) is 24.4 Å². The predicted octanol–water partition coefficient (Wildman–Crippen LogP) is 5.09. The number of hydrogen-bond acceptors (Lipinski definition) is 5. The third kappa shape index (κ3) is 9.07. The Labute approximate surface area is 222 Å². The Balaban J connectivity index is 2.49. The van der Waals surface area contributed by atoms with E-state index in [2.05, 4.69) is 16.7 Å². The molecule has 0 aliphatic heterocycles. The molecule has 1 aromatic carbocycles. The molecule has 0 saturated heterocycles. The first-order valence-corrected chi connectivity index (χ1v) is 13.4. The zero-order chi connectivity index (χ0) is 27.8. The average Bonchev–Trinajstić information content (AvgIpc) is 2.79. The van der Waals surface area contributed by atoms with Crippen LogP contribution >= 0.6 is 0 Å². The zero-order valence-electron chi connectivity index (χ0n) is 23.5. The van der Waals surface area contributed by atoms with Crippen molar-refractivity contribution >= 4 is 17.9 Å². The Morgan fingerprint density at radius 3 is 2.35 bits per heavy atom. The minimum atomic E-state index is -0.996. The highest BCUT2D eigenvalue weighted by Gasteiger charge is 2.38. The molecule has 0 bridgehead atoms. The van der Waals surface area contributed by atoms with Crippen molar-refractivity contribution in [2.45, 2.75) is 111 Å². The van der Waals surface area contributed by atoms with Crippen LogP contribution in [0.25, 0.3) is 0 Å². The first-order valence-electron chi connectivity index (χ1n) is 13.4. The van der Waals surface area contributed by atoms with Crippen molar-refractivity contribution in [3.63, 3.8) is 0 Å². The van der Waals surface area contributed by atoms with Crippen LogP contribution in [0.3, 0.4) is 0 Å². The highest BCUT2D eigenvalue weighted by Crippen LogP contribution is 2.29. The first-order chi connectivity index (χ1) is 17.3. The number of nitriles is 1. The second-order valence-electron chi connectivity index (χ2n) is 11.5. The van der Waals surface area contributed by atoms with Gasteiger partial charge in [0.1, 0.15) is 24.2 Å². The van der Waals surface area contributed by atoms with E-state index in [1.807, 2.05) is 45.9 Å². The number of carbonyl (C=O) groups excluding carboxylic acids is 3. The third-order valence-electron chi connectivity index (χ3n) is 6.67. The number of alkyl carbamates (subject to hydrolysis) is 1. The fraction of sp³-hybridized carbons (Fsp3) is 0.655. The lowest BCUT2D eigenvalue weighted by atomic mass is 9.92. The molecular formula is C29H44N4O4. The first kappa shape index (κ1) is 30.1. The minimum Gasteiger partial charge on any atom is -0.444 e. The third-order valence-corrected chi connectivity index (χ3v) is 6.67. The second-order valence-corrected chi connectivity index (χ2v) is 11.5. The second kappa shape index (κ2) is 13.5. The monoisotopic (exact) mass is 512 g/mol. The molecule has 0 radical (unpaired) electrons. The summed E-state index contributed by atoms with van der Waals surface area (Å²) >= 11 is 0. The molecule has 3 amide bonds. The topological polar surface area (TPSA) is 112 Å². The smallest absolute Gasteiger partial charge is 0.408 e. The molecular weight excluding hydrogens is 468 g/mol. The van der Waals surface area contributed by atoms with Gasteiger partial charge in [0.25, 0.3) is 0 Å². The van der Waals surface area contributed by atoms with Gasteiger partial charge in [-0.2, -0.15) is 5.26 Å². The number of nitrogens with zero attached hydrogens (tertiary/aromatic N) is 2. The Morgan fingerprint density at radius 1 is 1.14 bits per heavy atom. The molecule has 37 heavy (non-hydrogen) atoms. The molecule has 1 aliphatic carbocycles. The number of nitrogens with one attached hydrogen (secondary N) is 2. The fourth-order valence-corrected chi connectivity index (χ4v) is 4.76. The summed E-state index contributed by atoms with van der Waals surface area (Å²) in [6.07, 6.45) is 4.68. The quantitative estimate of drug-likeness (QED) is 0.448. The van der Waals surface area contributed by atoms with Crippen LogP contribution in [0.5, 0.6) is 0 Å². The normalized spacial score (nSPS) is 15.9. The van der Waals surface area contributed by atoms with Crippen LogP contribution in [-0.4, -0.2) is 47.0 Å². The number of rotatable bonds is 9. The van der Waals surface area contributed by atoms with Gasteiger partial charge in [0.05, 0.1) is 6.07 Å². The summed E-state index contributed by atoms with van der Waals surface area (Å²) in [6.45, 7) is 12.7. The highest BCUT2D eigenvalue weighted by atomic mass is 16.6. The molecule has 1 fully saturated rings. The number of carbonyl (C=O) groups is 3. The van der Waals surface area contributed by atoms with E-state index < -0.39 is 29.7 Å². The maximum atomic E-state index is 14.0. The lowest BCUT2D eigenvalue weighted by Crippen LogP contribution is -2.54. The molecule has 2 rings (SSSR count). The van der Waals surface area contributed by atoms with E-state index in [0.717, 1.165) is 43.2 Å². The van der Waals surface area contributed by atoms with E-state index in [4.69, 9.17) is 4.74 Å². The number of hydrogen-bond donors (Lipinski definition) is 2. The van der Waals surface area contributed by atoms with E-state index in [1.165, 1.54) is 4.90 Å². The van der Waals surface area contributed by atoms with E-state index >= 15 is 0 Å². The highest BCUT2D eigenvalue weighted by molar-refractivity contribution is 5.92. The van der Waals surface area contributed by atoms with E-state index in [0.29, 0.717) is 12.0 Å². The molecule has 1 aromatic rings. The van der Waals surface area contributed by atoms with Gasteiger partial charge in [-0.15, -0.1) is 0 Å². The van der Waals surface area contributed by atoms with E-state index in [1.54, 1.807) is 20.8 Å². The Morgan fingerprint density at radius 2 is 1.78 bits per heavy atom. The zero-order valence-corrected chi connectivity index (χ0v) is 23.5. The molecule has 8 nitrogen and oxygen atoms in total. The van der Waals surface area contributed by atoms with Crippen molar-refractivity contribution in [1.82, 2.24) is 15.5 Å². The van der Waals surface area contributed by atoms with Gasteiger partial charge < -0.3 is 20.3 Å². The molecule has 204 valence electrons. The number of benzene rings is 1. The van der Waals surface area contributed by atoms with Gasteiger partial charge in [-0.1, -0.05) is 51.3 Å². The van der Waals surface area contributed by atoms with E-state index in [9.17, 15) is 19.6 Å². The number of amides is 3. The summed E-state index contributed by atoms with van der Waals surface area (Å²) in [6, 6.07) is 5.82. The van der Waals surface area contributed by atoms with Gasteiger partial charge in [0, 0.05) is 6.04 Å².